The Balaban J connectivity index is 2.16. The number of aromatic carboxylic acids is 1. The Labute approximate surface area is 117 Å². The minimum absolute atomic E-state index is 0.137. The molecular formula is C16H16O4. The fourth-order valence-electron chi connectivity index (χ4n) is 1.89. The minimum Gasteiger partial charge on any atom is -0.496 e. The molecule has 1 N–H and O–H groups in total. The van der Waals surface area contributed by atoms with E-state index in [-0.39, 0.29) is 5.56 Å². The van der Waals surface area contributed by atoms with Crippen molar-refractivity contribution < 1.29 is 19.4 Å². The van der Waals surface area contributed by atoms with Crippen LogP contribution >= 0.6 is 0 Å². The van der Waals surface area contributed by atoms with Gasteiger partial charge in [-0.05, 0) is 36.2 Å². The molecule has 0 bridgehead atoms. The highest BCUT2D eigenvalue weighted by molar-refractivity contribution is 5.91. The van der Waals surface area contributed by atoms with E-state index in [0.29, 0.717) is 12.4 Å². The van der Waals surface area contributed by atoms with Gasteiger partial charge in [-0.15, -0.1) is 0 Å². The van der Waals surface area contributed by atoms with Crippen LogP contribution in [0.25, 0.3) is 0 Å². The third-order valence-corrected chi connectivity index (χ3v) is 2.98. The first-order valence-electron chi connectivity index (χ1n) is 6.20. The average molecular weight is 272 g/mol. The second kappa shape index (κ2) is 6.10. The van der Waals surface area contributed by atoms with Crippen LogP contribution in [0.1, 0.15) is 21.5 Å². The van der Waals surface area contributed by atoms with Gasteiger partial charge in [-0.25, -0.2) is 4.79 Å². The molecule has 0 fully saturated rings. The van der Waals surface area contributed by atoms with E-state index in [1.54, 1.807) is 18.2 Å². The van der Waals surface area contributed by atoms with Crippen molar-refractivity contribution in [1.29, 1.82) is 0 Å². The van der Waals surface area contributed by atoms with Crippen molar-refractivity contribution in [3.63, 3.8) is 0 Å². The number of hydrogen-bond acceptors (Lipinski definition) is 3. The van der Waals surface area contributed by atoms with Crippen LogP contribution in [-0.2, 0) is 6.61 Å². The summed E-state index contributed by atoms with van der Waals surface area (Å²) < 4.78 is 10.7. The van der Waals surface area contributed by atoms with E-state index < -0.39 is 5.97 Å². The number of para-hydroxylation sites is 1. The molecule has 0 aromatic heterocycles. The van der Waals surface area contributed by atoms with Gasteiger partial charge in [0.15, 0.2) is 0 Å². The highest BCUT2D eigenvalue weighted by Crippen LogP contribution is 2.22. The lowest BCUT2D eigenvalue weighted by molar-refractivity contribution is 0.0693. The Bertz CT molecular complexity index is 620. The Morgan fingerprint density at radius 3 is 2.55 bits per heavy atom. The summed E-state index contributed by atoms with van der Waals surface area (Å²) in [6.07, 6.45) is 0. The van der Waals surface area contributed by atoms with Crippen molar-refractivity contribution in [1.82, 2.24) is 0 Å². The second-order valence-electron chi connectivity index (χ2n) is 4.39. The molecule has 4 nitrogen and oxygen atoms in total. The van der Waals surface area contributed by atoms with Gasteiger partial charge in [-0.2, -0.15) is 0 Å². The van der Waals surface area contributed by atoms with Crippen molar-refractivity contribution in [2.75, 3.05) is 7.11 Å². The normalized spacial score (nSPS) is 10.1. The van der Waals surface area contributed by atoms with Crippen LogP contribution in [0.15, 0.2) is 42.5 Å². The largest absolute Gasteiger partial charge is 0.496 e. The highest BCUT2D eigenvalue weighted by atomic mass is 16.5. The van der Waals surface area contributed by atoms with Gasteiger partial charge in [0.05, 0.1) is 7.11 Å². The van der Waals surface area contributed by atoms with E-state index in [2.05, 4.69) is 0 Å². The predicted molar refractivity (Wildman–Crippen MR) is 75.5 cm³/mol. The predicted octanol–water partition coefficient (Wildman–Crippen LogP) is 3.28. The zero-order valence-corrected chi connectivity index (χ0v) is 11.4. The lowest BCUT2D eigenvalue weighted by Gasteiger charge is -2.11. The lowest BCUT2D eigenvalue weighted by atomic mass is 10.1. The monoisotopic (exact) mass is 272 g/mol. The summed E-state index contributed by atoms with van der Waals surface area (Å²) in [5.74, 6) is 0.122. The number of hydrogen-bond donors (Lipinski definition) is 1. The van der Waals surface area contributed by atoms with Crippen molar-refractivity contribution in [2.45, 2.75) is 13.5 Å². The van der Waals surface area contributed by atoms with Crippen LogP contribution in [0.3, 0.4) is 0 Å². The van der Waals surface area contributed by atoms with E-state index in [1.165, 1.54) is 7.11 Å². The number of methoxy groups -OCH3 is 1. The summed E-state index contributed by atoms with van der Waals surface area (Å²) in [7, 11) is 1.45. The fourth-order valence-corrected chi connectivity index (χ4v) is 1.89. The van der Waals surface area contributed by atoms with Crippen molar-refractivity contribution in [3.8, 4) is 11.5 Å². The smallest absolute Gasteiger partial charge is 0.339 e. The molecule has 104 valence electrons. The van der Waals surface area contributed by atoms with Gasteiger partial charge >= 0.3 is 5.97 Å². The Kier molecular flexibility index (Phi) is 4.25. The van der Waals surface area contributed by atoms with E-state index in [1.807, 2.05) is 31.2 Å². The van der Waals surface area contributed by atoms with E-state index >= 15 is 0 Å². The van der Waals surface area contributed by atoms with Crippen LogP contribution in [0, 0.1) is 6.92 Å². The average Bonchev–Trinajstić information content (AvgIpc) is 2.46. The maximum atomic E-state index is 11.1. The molecule has 0 unspecified atom stereocenters. The van der Waals surface area contributed by atoms with Gasteiger partial charge in [-0.3, -0.25) is 0 Å². The summed E-state index contributed by atoms with van der Waals surface area (Å²) in [5, 5.41) is 9.13. The highest BCUT2D eigenvalue weighted by Gasteiger charge is 2.11. The first kappa shape index (κ1) is 13.9. The molecule has 4 heteroatoms. The maximum absolute atomic E-state index is 11.1. The number of ether oxygens (including phenoxy) is 2. The van der Waals surface area contributed by atoms with Crippen LogP contribution in [0.4, 0.5) is 0 Å². The number of carbonyl (C=O) groups is 1. The molecular weight excluding hydrogens is 256 g/mol. The van der Waals surface area contributed by atoms with Gasteiger partial charge in [0, 0.05) is 0 Å². The zero-order chi connectivity index (χ0) is 14.5. The summed E-state index contributed by atoms with van der Waals surface area (Å²) in [6, 6.07) is 12.7. The number of benzene rings is 2. The second-order valence-corrected chi connectivity index (χ2v) is 4.39. The molecule has 0 atom stereocenters. The molecule has 0 amide bonds. The summed E-state index contributed by atoms with van der Waals surface area (Å²) in [5.41, 5.74) is 1.96. The van der Waals surface area contributed by atoms with Crippen molar-refractivity contribution in [2.24, 2.45) is 0 Å². The molecule has 0 aliphatic heterocycles. The van der Waals surface area contributed by atoms with E-state index in [4.69, 9.17) is 14.6 Å². The van der Waals surface area contributed by atoms with Gasteiger partial charge in [0.25, 0.3) is 0 Å². The molecule has 0 aliphatic rings. The molecule has 2 rings (SSSR count). The molecule has 0 saturated carbocycles. The SMILES string of the molecule is COc1ccc(COc2ccccc2C)cc1C(=O)O. The fraction of sp³-hybridized carbons (Fsp3) is 0.188. The maximum Gasteiger partial charge on any atom is 0.339 e. The first-order chi connectivity index (χ1) is 9.61. The Morgan fingerprint density at radius 1 is 1.15 bits per heavy atom. The summed E-state index contributed by atoms with van der Waals surface area (Å²) in [4.78, 5) is 11.1. The third-order valence-electron chi connectivity index (χ3n) is 2.98. The number of aryl methyl sites for hydroxylation is 1. The lowest BCUT2D eigenvalue weighted by Crippen LogP contribution is -2.03. The quantitative estimate of drug-likeness (QED) is 0.907. The molecule has 0 heterocycles. The molecule has 2 aromatic carbocycles. The van der Waals surface area contributed by atoms with Crippen molar-refractivity contribution >= 4 is 5.97 Å². The summed E-state index contributed by atoms with van der Waals surface area (Å²) >= 11 is 0. The Hall–Kier alpha value is -2.49. The molecule has 2 aromatic rings. The molecule has 0 radical (unpaired) electrons. The van der Waals surface area contributed by atoms with Gasteiger partial charge in [-0.1, -0.05) is 24.3 Å². The van der Waals surface area contributed by atoms with Crippen LogP contribution < -0.4 is 9.47 Å². The molecule has 0 spiro atoms. The van der Waals surface area contributed by atoms with E-state index in [0.717, 1.165) is 16.9 Å². The van der Waals surface area contributed by atoms with Gasteiger partial charge in [0.1, 0.15) is 23.7 Å². The third kappa shape index (κ3) is 3.09. The standard InChI is InChI=1S/C16H16O4/c1-11-5-3-4-6-14(11)20-10-12-7-8-15(19-2)13(9-12)16(17)18/h3-9H,10H2,1-2H3,(H,17,18). The van der Waals surface area contributed by atoms with Crippen LogP contribution in [0.5, 0.6) is 11.5 Å². The summed E-state index contributed by atoms with van der Waals surface area (Å²) in [6.45, 7) is 2.28. The minimum atomic E-state index is -1.01. The number of carboxylic acids is 1. The van der Waals surface area contributed by atoms with Crippen LogP contribution in [0.2, 0.25) is 0 Å². The molecule has 20 heavy (non-hydrogen) atoms. The topological polar surface area (TPSA) is 55.8 Å². The van der Waals surface area contributed by atoms with Gasteiger partial charge < -0.3 is 14.6 Å². The van der Waals surface area contributed by atoms with Gasteiger partial charge in [0.2, 0.25) is 0 Å². The first-order valence-corrected chi connectivity index (χ1v) is 6.20. The Morgan fingerprint density at radius 2 is 1.90 bits per heavy atom. The number of carboxylic acid groups (broad SMARTS) is 1. The molecule has 0 saturated heterocycles. The van der Waals surface area contributed by atoms with E-state index in [9.17, 15) is 4.79 Å². The van der Waals surface area contributed by atoms with Crippen LogP contribution in [-0.4, -0.2) is 18.2 Å². The number of rotatable bonds is 5. The van der Waals surface area contributed by atoms with Crippen molar-refractivity contribution in [3.05, 3.63) is 59.2 Å². The zero-order valence-electron chi connectivity index (χ0n) is 11.4. The molecule has 0 aliphatic carbocycles.